The Labute approximate surface area is 325 Å². The van der Waals surface area contributed by atoms with Gasteiger partial charge in [-0.2, -0.15) is 0 Å². The van der Waals surface area contributed by atoms with Gasteiger partial charge in [0.05, 0.1) is 22.3 Å². The number of aromatic nitrogens is 6. The molecule has 4 heterocycles. The molecule has 0 bridgehead atoms. The molecular weight excluding hydrogens is 753 g/mol. The standard InChI is InChI=1S/C20H24N4O3S.C20H22N4O3S/c2*1-28(26,27)6-5-13-3-2-4-15(7-13)17-10-24(16-8-14(9-16)11-25)20-18(17)19(21)22-12-23-20/h2-4,7,10,12,14,16,25H,5-6,8-9,11H2,1H3,(H2,21,22,23);2-4,7,10-12,14,16H,5-6,8-9H2,1H3,(H2,21,22,23). The van der Waals surface area contributed by atoms with Gasteiger partial charge in [0.25, 0.3) is 0 Å². The molecule has 0 unspecified atom stereocenters. The lowest BCUT2D eigenvalue weighted by Gasteiger charge is -2.35. The van der Waals surface area contributed by atoms with Crippen LogP contribution in [0.15, 0.2) is 73.6 Å². The molecule has 5 N–H and O–H groups in total. The van der Waals surface area contributed by atoms with Crippen molar-refractivity contribution in [2.24, 2.45) is 11.8 Å². The summed E-state index contributed by atoms with van der Waals surface area (Å²) in [6.45, 7) is 0.210. The molecule has 0 amide bonds. The van der Waals surface area contributed by atoms with E-state index in [1.165, 1.54) is 25.2 Å². The normalized spacial score (nSPS) is 19.6. The summed E-state index contributed by atoms with van der Waals surface area (Å²) in [4.78, 5) is 28.2. The quantitative estimate of drug-likeness (QED) is 0.144. The minimum atomic E-state index is -3.02. The second kappa shape index (κ2) is 15.7. The van der Waals surface area contributed by atoms with Gasteiger partial charge in [-0.1, -0.05) is 48.5 Å². The zero-order valence-electron chi connectivity index (χ0n) is 31.3. The Morgan fingerprint density at radius 3 is 1.57 bits per heavy atom. The minimum Gasteiger partial charge on any atom is -0.396 e. The van der Waals surface area contributed by atoms with E-state index in [-0.39, 0.29) is 36.1 Å². The number of nitrogens with two attached hydrogens (primary N) is 2. The number of carbonyl (C=O) groups is 1. The highest BCUT2D eigenvalue weighted by Gasteiger charge is 2.33. The number of nitrogen functional groups attached to an aromatic ring is 2. The Bertz CT molecular complexity index is 2630. The van der Waals surface area contributed by atoms with Crippen LogP contribution < -0.4 is 11.5 Å². The molecule has 2 aromatic carbocycles. The van der Waals surface area contributed by atoms with E-state index in [4.69, 9.17) is 11.5 Å². The van der Waals surface area contributed by atoms with E-state index in [0.29, 0.717) is 30.4 Å². The Morgan fingerprint density at radius 1 is 0.714 bits per heavy atom. The first-order valence-corrected chi connectivity index (χ1v) is 22.7. The van der Waals surface area contributed by atoms with Crippen LogP contribution >= 0.6 is 0 Å². The molecule has 0 atom stereocenters. The number of fused-ring (bicyclic) bond motifs is 2. The third-order valence-electron chi connectivity index (χ3n) is 10.9. The number of aliphatic hydroxyl groups excluding tert-OH is 1. The van der Waals surface area contributed by atoms with E-state index in [0.717, 1.165) is 87.4 Å². The van der Waals surface area contributed by atoms with Crippen LogP contribution in [0.4, 0.5) is 11.6 Å². The SMILES string of the molecule is CS(=O)(=O)CCc1cccc(-c2cn(C3CC(C=O)C3)c3ncnc(N)c23)c1.CS(=O)(=O)CCc1cccc(-c2cn(C3CC(CO)C3)c3ncnc(N)c23)c1. The molecule has 6 aromatic rings. The number of aliphatic hydroxyl groups is 1. The first-order chi connectivity index (χ1) is 26.7. The number of sulfone groups is 2. The lowest BCUT2D eigenvalue weighted by atomic mass is 9.81. The van der Waals surface area contributed by atoms with E-state index in [1.807, 2.05) is 54.7 Å². The van der Waals surface area contributed by atoms with Crippen LogP contribution in [0, 0.1) is 11.8 Å². The van der Waals surface area contributed by atoms with Crippen LogP contribution in [-0.2, 0) is 37.3 Å². The summed E-state index contributed by atoms with van der Waals surface area (Å²) in [5.41, 5.74) is 19.6. The predicted octanol–water partition coefficient (Wildman–Crippen LogP) is 4.63. The molecule has 2 saturated carbocycles. The van der Waals surface area contributed by atoms with Crippen LogP contribution in [0.3, 0.4) is 0 Å². The topological polar surface area (TPSA) is 219 Å². The number of benzene rings is 2. The third kappa shape index (κ3) is 8.46. The fourth-order valence-electron chi connectivity index (χ4n) is 7.65. The van der Waals surface area contributed by atoms with E-state index < -0.39 is 19.7 Å². The maximum absolute atomic E-state index is 11.5. The molecular formula is C40H46N8O6S2. The smallest absolute Gasteiger partial charge is 0.147 e. The maximum Gasteiger partial charge on any atom is 0.147 e. The van der Waals surface area contributed by atoms with Crippen molar-refractivity contribution in [3.63, 3.8) is 0 Å². The van der Waals surface area contributed by atoms with E-state index in [2.05, 4.69) is 35.3 Å². The second-order valence-electron chi connectivity index (χ2n) is 15.2. The van der Waals surface area contributed by atoms with Gasteiger partial charge in [-0.05, 0) is 66.7 Å². The van der Waals surface area contributed by atoms with Gasteiger partial charge in [-0.15, -0.1) is 0 Å². The van der Waals surface area contributed by atoms with Crippen LogP contribution in [0.25, 0.3) is 44.3 Å². The Morgan fingerprint density at radius 2 is 1.16 bits per heavy atom. The first-order valence-electron chi connectivity index (χ1n) is 18.5. The van der Waals surface area contributed by atoms with Crippen molar-refractivity contribution < 1.29 is 26.7 Å². The van der Waals surface area contributed by atoms with Crippen LogP contribution in [-0.4, -0.2) is 87.9 Å². The average Bonchev–Trinajstić information content (AvgIpc) is 3.70. The van der Waals surface area contributed by atoms with Gasteiger partial charge >= 0.3 is 0 Å². The summed E-state index contributed by atoms with van der Waals surface area (Å²) in [7, 11) is -6.04. The number of nitrogens with zero attached hydrogens (tertiary/aromatic N) is 6. The van der Waals surface area contributed by atoms with Gasteiger partial charge in [0.2, 0.25) is 0 Å². The number of hydrogen-bond donors (Lipinski definition) is 3. The Hall–Kier alpha value is -5.19. The van der Waals surface area contributed by atoms with E-state index >= 15 is 0 Å². The summed E-state index contributed by atoms with van der Waals surface area (Å²) < 4.78 is 50.2. The van der Waals surface area contributed by atoms with Gasteiger partial charge in [-0.3, -0.25) is 0 Å². The van der Waals surface area contributed by atoms with Crippen LogP contribution in [0.2, 0.25) is 0 Å². The highest BCUT2D eigenvalue weighted by atomic mass is 32.2. The Balaban J connectivity index is 0.000000172. The summed E-state index contributed by atoms with van der Waals surface area (Å²) in [6, 6.07) is 16.2. The van der Waals surface area contributed by atoms with Crippen molar-refractivity contribution in [3.05, 3.63) is 84.7 Å². The molecule has 2 aliphatic rings. The Kier molecular flexibility index (Phi) is 11.0. The summed E-state index contributed by atoms with van der Waals surface area (Å²) in [6.07, 6.45) is 14.9. The molecule has 0 aliphatic heterocycles. The second-order valence-corrected chi connectivity index (χ2v) is 19.7. The minimum absolute atomic E-state index is 0.101. The predicted molar refractivity (Wildman–Crippen MR) is 218 cm³/mol. The van der Waals surface area contributed by atoms with Gasteiger partial charge in [0.15, 0.2) is 0 Å². The molecule has 2 fully saturated rings. The van der Waals surface area contributed by atoms with Crippen LogP contribution in [0.5, 0.6) is 0 Å². The number of anilines is 2. The largest absolute Gasteiger partial charge is 0.396 e. The zero-order valence-corrected chi connectivity index (χ0v) is 33.0. The number of aryl methyl sites for hydroxylation is 2. The summed E-state index contributed by atoms with van der Waals surface area (Å²) in [5.74, 6) is 1.51. The van der Waals surface area contributed by atoms with Crippen LogP contribution in [0.1, 0.15) is 48.9 Å². The molecule has 294 valence electrons. The molecule has 0 saturated heterocycles. The molecule has 0 spiro atoms. The summed E-state index contributed by atoms with van der Waals surface area (Å²) >= 11 is 0. The van der Waals surface area contributed by atoms with Gasteiger partial charge in [0.1, 0.15) is 61.5 Å². The number of hydrogen-bond acceptors (Lipinski definition) is 12. The number of rotatable bonds is 12. The van der Waals surface area contributed by atoms with Gasteiger partial charge in [0, 0.05) is 60.6 Å². The monoisotopic (exact) mass is 798 g/mol. The fourth-order valence-corrected chi connectivity index (χ4v) is 8.86. The molecule has 8 rings (SSSR count). The molecule has 2 aliphatic carbocycles. The van der Waals surface area contributed by atoms with Crippen molar-refractivity contribution in [2.75, 3.05) is 42.1 Å². The van der Waals surface area contributed by atoms with Gasteiger partial charge in [-0.25, -0.2) is 36.8 Å². The number of carbonyl (C=O) groups excluding carboxylic acids is 1. The molecule has 0 radical (unpaired) electrons. The van der Waals surface area contributed by atoms with Gasteiger partial charge < -0.3 is 30.5 Å². The molecule has 4 aromatic heterocycles. The zero-order chi connectivity index (χ0) is 39.8. The van der Waals surface area contributed by atoms with E-state index in [1.54, 1.807) is 0 Å². The van der Waals surface area contributed by atoms with Crippen molar-refractivity contribution in [3.8, 4) is 22.3 Å². The lowest BCUT2D eigenvalue weighted by Crippen LogP contribution is -2.28. The molecule has 56 heavy (non-hydrogen) atoms. The maximum atomic E-state index is 11.5. The highest BCUT2D eigenvalue weighted by Crippen LogP contribution is 2.44. The lowest BCUT2D eigenvalue weighted by molar-refractivity contribution is -0.114. The third-order valence-corrected chi connectivity index (χ3v) is 12.8. The molecule has 14 nitrogen and oxygen atoms in total. The fraction of sp³-hybridized carbons (Fsp3) is 0.375. The first kappa shape index (κ1) is 39.1. The average molecular weight is 799 g/mol. The van der Waals surface area contributed by atoms with E-state index in [9.17, 15) is 26.7 Å². The highest BCUT2D eigenvalue weighted by molar-refractivity contribution is 7.90. The summed E-state index contributed by atoms with van der Waals surface area (Å²) in [5, 5.41) is 10.9. The molecule has 16 heteroatoms. The van der Waals surface area contributed by atoms with Crippen molar-refractivity contribution in [1.29, 1.82) is 0 Å². The van der Waals surface area contributed by atoms with Crippen molar-refractivity contribution >= 4 is 59.7 Å². The number of aldehydes is 1. The van der Waals surface area contributed by atoms with Crippen molar-refractivity contribution in [1.82, 2.24) is 29.1 Å². The van der Waals surface area contributed by atoms with Crippen molar-refractivity contribution in [2.45, 2.75) is 50.6 Å².